The fourth-order valence-corrected chi connectivity index (χ4v) is 3.66. The summed E-state index contributed by atoms with van der Waals surface area (Å²) < 4.78 is 14.4. The number of halogens is 1. The first-order valence-corrected chi connectivity index (χ1v) is 8.30. The molecule has 1 amide bonds. The Balaban J connectivity index is 1.53. The number of alkyl halides is 1. The number of carbonyl (C=O) groups is 1. The third-order valence-electron chi connectivity index (χ3n) is 5.01. The number of nitrogens with zero attached hydrogens (tertiary/aromatic N) is 3. The molecule has 23 heavy (non-hydrogen) atoms. The number of pyridine rings is 1. The molecule has 126 valence electrons. The first-order valence-electron chi connectivity index (χ1n) is 8.30. The SMILES string of the molecule is Cn1cc(CN2CCC(N3CC(CF)CC3=O)CC2)ccc1=O. The lowest BCUT2D eigenvalue weighted by Gasteiger charge is -2.36. The summed E-state index contributed by atoms with van der Waals surface area (Å²) in [6.07, 6.45) is 4.13. The predicted molar refractivity (Wildman–Crippen MR) is 85.8 cm³/mol. The Hall–Kier alpha value is -1.69. The van der Waals surface area contributed by atoms with Gasteiger partial charge in [0, 0.05) is 63.9 Å². The van der Waals surface area contributed by atoms with Crippen LogP contribution < -0.4 is 5.56 Å². The number of amides is 1. The predicted octanol–water partition coefficient (Wildman–Crippen LogP) is 1.17. The van der Waals surface area contributed by atoms with Crippen LogP contribution in [0.2, 0.25) is 0 Å². The number of hydrogen-bond acceptors (Lipinski definition) is 3. The molecule has 1 aromatic heterocycles. The first kappa shape index (κ1) is 16.2. The van der Waals surface area contributed by atoms with Crippen LogP contribution in [0, 0.1) is 5.92 Å². The van der Waals surface area contributed by atoms with Crippen LogP contribution in [0.3, 0.4) is 0 Å². The van der Waals surface area contributed by atoms with Gasteiger partial charge in [0.2, 0.25) is 11.5 Å². The van der Waals surface area contributed by atoms with Gasteiger partial charge in [-0.05, 0) is 18.4 Å². The third kappa shape index (κ3) is 3.63. The molecule has 0 radical (unpaired) electrons. The molecule has 2 aliphatic rings. The largest absolute Gasteiger partial charge is 0.339 e. The molecule has 0 bridgehead atoms. The Morgan fingerprint density at radius 1 is 1.22 bits per heavy atom. The number of hydrogen-bond donors (Lipinski definition) is 0. The molecule has 1 aromatic rings. The second kappa shape index (κ2) is 6.83. The highest BCUT2D eigenvalue weighted by molar-refractivity contribution is 5.79. The van der Waals surface area contributed by atoms with E-state index in [9.17, 15) is 14.0 Å². The van der Waals surface area contributed by atoms with Crippen LogP contribution in [-0.4, -0.2) is 52.6 Å². The van der Waals surface area contributed by atoms with Gasteiger partial charge < -0.3 is 9.47 Å². The molecule has 2 fully saturated rings. The van der Waals surface area contributed by atoms with Crippen molar-refractivity contribution in [2.45, 2.75) is 31.8 Å². The van der Waals surface area contributed by atoms with Crippen LogP contribution in [0.4, 0.5) is 4.39 Å². The monoisotopic (exact) mass is 321 g/mol. The third-order valence-corrected chi connectivity index (χ3v) is 5.01. The number of carbonyl (C=O) groups excluding carboxylic acids is 1. The topological polar surface area (TPSA) is 45.5 Å². The lowest BCUT2D eigenvalue weighted by molar-refractivity contribution is -0.130. The number of rotatable bonds is 4. The Kier molecular flexibility index (Phi) is 4.80. The number of aromatic nitrogens is 1. The van der Waals surface area contributed by atoms with Crippen molar-refractivity contribution in [3.63, 3.8) is 0 Å². The standard InChI is InChI=1S/C17H24FN3O2/c1-19-10-13(2-3-16(19)22)11-20-6-4-15(5-7-20)21-12-14(9-18)8-17(21)23/h2-3,10,14-15H,4-9,11-12H2,1H3. The summed E-state index contributed by atoms with van der Waals surface area (Å²) in [5.41, 5.74) is 1.13. The first-order chi connectivity index (χ1) is 11.1. The number of aryl methyl sites for hydroxylation is 1. The minimum absolute atomic E-state index is 0.00224. The van der Waals surface area contributed by atoms with E-state index in [1.165, 1.54) is 0 Å². The van der Waals surface area contributed by atoms with Gasteiger partial charge in [0.15, 0.2) is 0 Å². The second-order valence-corrected chi connectivity index (χ2v) is 6.76. The van der Waals surface area contributed by atoms with Crippen molar-refractivity contribution < 1.29 is 9.18 Å². The van der Waals surface area contributed by atoms with Gasteiger partial charge in [-0.25, -0.2) is 0 Å². The van der Waals surface area contributed by atoms with Crippen molar-refractivity contribution in [3.8, 4) is 0 Å². The van der Waals surface area contributed by atoms with E-state index in [4.69, 9.17) is 0 Å². The van der Waals surface area contributed by atoms with Crippen molar-refractivity contribution in [1.82, 2.24) is 14.4 Å². The molecule has 1 unspecified atom stereocenters. The molecular weight excluding hydrogens is 297 g/mol. The molecule has 1 atom stereocenters. The van der Waals surface area contributed by atoms with Crippen LogP contribution in [0.1, 0.15) is 24.8 Å². The van der Waals surface area contributed by atoms with E-state index in [-0.39, 0.29) is 23.4 Å². The fraction of sp³-hybridized carbons (Fsp3) is 0.647. The summed E-state index contributed by atoms with van der Waals surface area (Å²) in [5.74, 6) is 0.00953. The lowest BCUT2D eigenvalue weighted by atomic mass is 10.0. The lowest BCUT2D eigenvalue weighted by Crippen LogP contribution is -2.45. The van der Waals surface area contributed by atoms with E-state index >= 15 is 0 Å². The summed E-state index contributed by atoms with van der Waals surface area (Å²) >= 11 is 0. The summed E-state index contributed by atoms with van der Waals surface area (Å²) in [7, 11) is 1.76. The van der Waals surface area contributed by atoms with Gasteiger partial charge in [-0.2, -0.15) is 0 Å². The summed E-state index contributed by atoms with van der Waals surface area (Å²) in [5, 5.41) is 0. The average molecular weight is 321 g/mol. The smallest absolute Gasteiger partial charge is 0.250 e. The average Bonchev–Trinajstić information content (AvgIpc) is 2.93. The van der Waals surface area contributed by atoms with Gasteiger partial charge in [0.05, 0.1) is 6.67 Å². The van der Waals surface area contributed by atoms with Crippen molar-refractivity contribution >= 4 is 5.91 Å². The van der Waals surface area contributed by atoms with E-state index in [0.717, 1.165) is 38.0 Å². The molecule has 2 saturated heterocycles. The molecule has 0 N–H and O–H groups in total. The molecule has 3 heterocycles. The van der Waals surface area contributed by atoms with Gasteiger partial charge in [-0.1, -0.05) is 6.07 Å². The van der Waals surface area contributed by atoms with Crippen LogP contribution in [0.15, 0.2) is 23.1 Å². The minimum Gasteiger partial charge on any atom is -0.339 e. The molecule has 3 rings (SSSR count). The Bertz CT molecular complexity index is 623. The van der Waals surface area contributed by atoms with Gasteiger partial charge in [-0.3, -0.25) is 18.9 Å². The maximum Gasteiger partial charge on any atom is 0.250 e. The number of likely N-dealkylation sites (tertiary alicyclic amines) is 2. The highest BCUT2D eigenvalue weighted by Crippen LogP contribution is 2.26. The molecule has 0 spiro atoms. The van der Waals surface area contributed by atoms with Crippen LogP contribution >= 0.6 is 0 Å². The van der Waals surface area contributed by atoms with E-state index in [2.05, 4.69) is 4.90 Å². The molecule has 0 saturated carbocycles. The Morgan fingerprint density at radius 3 is 2.57 bits per heavy atom. The van der Waals surface area contributed by atoms with Crippen LogP contribution in [0.25, 0.3) is 0 Å². The van der Waals surface area contributed by atoms with E-state index in [1.807, 2.05) is 17.2 Å². The van der Waals surface area contributed by atoms with Crippen molar-refractivity contribution in [1.29, 1.82) is 0 Å². The van der Waals surface area contributed by atoms with Gasteiger partial charge in [0.25, 0.3) is 0 Å². The highest BCUT2D eigenvalue weighted by atomic mass is 19.1. The molecule has 0 aliphatic carbocycles. The van der Waals surface area contributed by atoms with Crippen molar-refractivity contribution in [2.75, 3.05) is 26.3 Å². The van der Waals surface area contributed by atoms with Gasteiger partial charge in [-0.15, -0.1) is 0 Å². The maximum atomic E-state index is 12.8. The van der Waals surface area contributed by atoms with E-state index in [1.54, 1.807) is 17.7 Å². The molecule has 6 heteroatoms. The van der Waals surface area contributed by atoms with Gasteiger partial charge >= 0.3 is 0 Å². The molecule has 5 nitrogen and oxygen atoms in total. The summed E-state index contributed by atoms with van der Waals surface area (Å²) in [4.78, 5) is 27.7. The molecular formula is C17H24FN3O2. The van der Waals surface area contributed by atoms with Crippen molar-refractivity contribution in [2.24, 2.45) is 13.0 Å². The number of piperidine rings is 1. The maximum absolute atomic E-state index is 12.8. The van der Waals surface area contributed by atoms with Gasteiger partial charge in [0.1, 0.15) is 0 Å². The zero-order valence-electron chi connectivity index (χ0n) is 13.6. The normalized spacial score (nSPS) is 23.7. The minimum atomic E-state index is -0.395. The zero-order valence-corrected chi connectivity index (χ0v) is 13.6. The van der Waals surface area contributed by atoms with E-state index in [0.29, 0.717) is 13.0 Å². The van der Waals surface area contributed by atoms with Crippen molar-refractivity contribution in [3.05, 3.63) is 34.2 Å². The van der Waals surface area contributed by atoms with Crippen LogP contribution in [-0.2, 0) is 18.4 Å². The zero-order chi connectivity index (χ0) is 16.4. The Labute approximate surface area is 135 Å². The highest BCUT2D eigenvalue weighted by Gasteiger charge is 2.35. The summed E-state index contributed by atoms with van der Waals surface area (Å²) in [6, 6.07) is 3.74. The van der Waals surface area contributed by atoms with Crippen LogP contribution in [0.5, 0.6) is 0 Å². The fourth-order valence-electron chi connectivity index (χ4n) is 3.66. The summed E-state index contributed by atoms with van der Waals surface area (Å²) in [6.45, 7) is 2.87. The second-order valence-electron chi connectivity index (χ2n) is 6.76. The molecule has 2 aliphatic heterocycles. The Morgan fingerprint density at radius 2 is 1.96 bits per heavy atom. The quantitative estimate of drug-likeness (QED) is 0.836. The molecule has 0 aromatic carbocycles. The van der Waals surface area contributed by atoms with E-state index < -0.39 is 6.67 Å².